The summed E-state index contributed by atoms with van der Waals surface area (Å²) in [7, 11) is 0. The molecule has 1 fully saturated rings. The normalized spacial score (nSPS) is 19.7. The van der Waals surface area contributed by atoms with Gasteiger partial charge in [-0.1, -0.05) is 0 Å². The van der Waals surface area contributed by atoms with E-state index in [0.29, 0.717) is 18.9 Å². The van der Waals surface area contributed by atoms with Gasteiger partial charge in [0.25, 0.3) is 0 Å². The van der Waals surface area contributed by atoms with E-state index in [-0.39, 0.29) is 11.9 Å². The number of carbonyl (C=O) groups is 1. The first-order valence-electron chi connectivity index (χ1n) is 8.94. The number of carbonyl (C=O) groups excluding carboxylic acids is 1. The van der Waals surface area contributed by atoms with Crippen LogP contribution < -0.4 is 4.90 Å². The van der Waals surface area contributed by atoms with Crippen LogP contribution in [0.4, 0.5) is 5.69 Å². The predicted octanol–water partition coefficient (Wildman–Crippen LogP) is 3.02. The Hall–Kier alpha value is -2.43. The van der Waals surface area contributed by atoms with Crippen LogP contribution in [0.5, 0.6) is 0 Å². The van der Waals surface area contributed by atoms with Crippen molar-refractivity contribution in [3.8, 4) is 0 Å². The van der Waals surface area contributed by atoms with Crippen LogP contribution in [0.15, 0.2) is 30.6 Å². The Morgan fingerprint density at radius 1 is 1.32 bits per heavy atom. The van der Waals surface area contributed by atoms with E-state index in [2.05, 4.69) is 40.8 Å². The number of hydrogen-bond acceptors (Lipinski definition) is 4. The molecule has 0 aliphatic carbocycles. The van der Waals surface area contributed by atoms with Crippen LogP contribution >= 0.6 is 0 Å². The standard InChI is InChI=1S/C20H24N4O/c1-13-7-14(2)22-18-12-24(15(3)20(13)18)19(25)8-16-10-23(11-16)17-5-4-6-21-9-17/h4-7,9,15-16H,8,10-12H2,1-3H3. The van der Waals surface area contributed by atoms with Crippen molar-refractivity contribution in [2.45, 2.75) is 39.8 Å². The van der Waals surface area contributed by atoms with E-state index in [1.165, 1.54) is 11.1 Å². The molecule has 0 saturated carbocycles. The van der Waals surface area contributed by atoms with Crippen molar-refractivity contribution in [1.29, 1.82) is 0 Å². The molecule has 130 valence electrons. The maximum Gasteiger partial charge on any atom is 0.223 e. The van der Waals surface area contributed by atoms with Gasteiger partial charge in [0.15, 0.2) is 0 Å². The highest BCUT2D eigenvalue weighted by Gasteiger charge is 2.36. The third-order valence-electron chi connectivity index (χ3n) is 5.43. The Morgan fingerprint density at radius 3 is 2.84 bits per heavy atom. The molecule has 25 heavy (non-hydrogen) atoms. The molecule has 1 atom stereocenters. The van der Waals surface area contributed by atoms with E-state index in [0.717, 1.165) is 30.2 Å². The van der Waals surface area contributed by atoms with E-state index in [1.54, 1.807) is 6.20 Å². The summed E-state index contributed by atoms with van der Waals surface area (Å²) in [4.78, 5) is 25.9. The fourth-order valence-electron chi connectivity index (χ4n) is 4.19. The van der Waals surface area contributed by atoms with Crippen molar-refractivity contribution < 1.29 is 4.79 Å². The summed E-state index contributed by atoms with van der Waals surface area (Å²) in [6.45, 7) is 8.78. The third-order valence-corrected chi connectivity index (χ3v) is 5.43. The largest absolute Gasteiger partial charge is 0.370 e. The number of aromatic nitrogens is 2. The van der Waals surface area contributed by atoms with Crippen LogP contribution in [-0.4, -0.2) is 33.9 Å². The molecular weight excluding hydrogens is 312 g/mol. The Kier molecular flexibility index (Phi) is 3.94. The molecule has 0 N–H and O–H groups in total. The molecule has 5 nitrogen and oxygen atoms in total. The summed E-state index contributed by atoms with van der Waals surface area (Å²) in [5, 5.41) is 0. The molecule has 1 amide bonds. The molecule has 2 aromatic heterocycles. The second kappa shape index (κ2) is 6.14. The second-order valence-electron chi connectivity index (χ2n) is 7.32. The average Bonchev–Trinajstić information content (AvgIpc) is 2.88. The Labute approximate surface area is 148 Å². The Bertz CT molecular complexity index is 799. The van der Waals surface area contributed by atoms with Crippen molar-refractivity contribution in [2.75, 3.05) is 18.0 Å². The van der Waals surface area contributed by atoms with Crippen molar-refractivity contribution in [3.63, 3.8) is 0 Å². The van der Waals surface area contributed by atoms with Crippen LogP contribution in [0.3, 0.4) is 0 Å². The van der Waals surface area contributed by atoms with Crippen molar-refractivity contribution in [2.24, 2.45) is 5.92 Å². The minimum Gasteiger partial charge on any atom is -0.370 e. The molecule has 0 aromatic carbocycles. The van der Waals surface area contributed by atoms with Crippen molar-refractivity contribution in [3.05, 3.63) is 53.1 Å². The van der Waals surface area contributed by atoms with Gasteiger partial charge in [0.2, 0.25) is 5.91 Å². The maximum atomic E-state index is 12.8. The molecular formula is C20H24N4O. The number of hydrogen-bond donors (Lipinski definition) is 0. The summed E-state index contributed by atoms with van der Waals surface area (Å²) in [6, 6.07) is 6.26. The number of aryl methyl sites for hydroxylation is 2. The zero-order valence-corrected chi connectivity index (χ0v) is 15.1. The molecule has 4 heterocycles. The van der Waals surface area contributed by atoms with Gasteiger partial charge < -0.3 is 9.80 Å². The number of rotatable bonds is 3. The molecule has 2 aliphatic heterocycles. The second-order valence-corrected chi connectivity index (χ2v) is 7.32. The smallest absolute Gasteiger partial charge is 0.223 e. The van der Waals surface area contributed by atoms with E-state index < -0.39 is 0 Å². The first kappa shape index (κ1) is 16.1. The lowest BCUT2D eigenvalue weighted by Gasteiger charge is -2.41. The number of nitrogens with zero attached hydrogens (tertiary/aromatic N) is 4. The van der Waals surface area contributed by atoms with Gasteiger partial charge in [0.05, 0.1) is 30.2 Å². The van der Waals surface area contributed by atoms with Crippen LogP contribution in [0.2, 0.25) is 0 Å². The highest BCUT2D eigenvalue weighted by atomic mass is 16.2. The SMILES string of the molecule is Cc1cc(C)c2c(n1)CN(C(=O)CC1CN(c3cccnc3)C1)C2C. The molecule has 5 heteroatoms. The van der Waals surface area contributed by atoms with Crippen molar-refractivity contribution in [1.82, 2.24) is 14.9 Å². The monoisotopic (exact) mass is 336 g/mol. The van der Waals surface area contributed by atoms with Crippen LogP contribution in [0.1, 0.15) is 41.9 Å². The molecule has 2 aromatic rings. The van der Waals surface area contributed by atoms with Gasteiger partial charge in [-0.05, 0) is 44.5 Å². The number of amides is 1. The summed E-state index contributed by atoms with van der Waals surface area (Å²) in [5.41, 5.74) is 5.73. The summed E-state index contributed by atoms with van der Waals surface area (Å²) < 4.78 is 0. The third kappa shape index (κ3) is 2.88. The lowest BCUT2D eigenvalue weighted by Crippen LogP contribution is -2.48. The van der Waals surface area contributed by atoms with E-state index >= 15 is 0 Å². The van der Waals surface area contributed by atoms with Gasteiger partial charge in [-0.25, -0.2) is 0 Å². The molecule has 4 rings (SSSR count). The Balaban J connectivity index is 1.38. The lowest BCUT2D eigenvalue weighted by molar-refractivity contribution is -0.134. The van der Waals surface area contributed by atoms with Crippen molar-refractivity contribution >= 4 is 11.6 Å². The highest BCUT2D eigenvalue weighted by molar-refractivity contribution is 5.78. The van der Waals surface area contributed by atoms with Gasteiger partial charge in [-0.15, -0.1) is 0 Å². The van der Waals surface area contributed by atoms with Crippen LogP contribution in [-0.2, 0) is 11.3 Å². The molecule has 2 aliphatic rings. The number of pyridine rings is 2. The van der Waals surface area contributed by atoms with E-state index in [1.807, 2.05) is 24.1 Å². The summed E-state index contributed by atoms with van der Waals surface area (Å²) in [6.07, 6.45) is 4.29. The maximum absolute atomic E-state index is 12.8. The molecule has 0 spiro atoms. The van der Waals surface area contributed by atoms with E-state index in [9.17, 15) is 4.79 Å². The predicted molar refractivity (Wildman–Crippen MR) is 97.2 cm³/mol. The minimum atomic E-state index is 0.130. The molecule has 0 radical (unpaired) electrons. The summed E-state index contributed by atoms with van der Waals surface area (Å²) >= 11 is 0. The highest BCUT2D eigenvalue weighted by Crippen LogP contribution is 2.36. The van der Waals surface area contributed by atoms with Gasteiger partial charge in [0, 0.05) is 42.9 Å². The Morgan fingerprint density at radius 2 is 2.12 bits per heavy atom. The topological polar surface area (TPSA) is 49.3 Å². The minimum absolute atomic E-state index is 0.130. The van der Waals surface area contributed by atoms with Gasteiger partial charge in [0.1, 0.15) is 0 Å². The van der Waals surface area contributed by atoms with E-state index in [4.69, 9.17) is 0 Å². The fourth-order valence-corrected chi connectivity index (χ4v) is 4.19. The zero-order valence-electron chi connectivity index (χ0n) is 15.1. The first-order valence-corrected chi connectivity index (χ1v) is 8.94. The van der Waals surface area contributed by atoms with Crippen LogP contribution in [0.25, 0.3) is 0 Å². The summed E-state index contributed by atoms with van der Waals surface area (Å²) in [5.74, 6) is 0.679. The van der Waals surface area contributed by atoms with Crippen LogP contribution in [0, 0.1) is 19.8 Å². The van der Waals surface area contributed by atoms with Gasteiger partial charge >= 0.3 is 0 Å². The zero-order chi connectivity index (χ0) is 17.6. The first-order chi connectivity index (χ1) is 12.0. The number of fused-ring (bicyclic) bond motifs is 1. The molecule has 0 bridgehead atoms. The molecule has 1 unspecified atom stereocenters. The number of anilines is 1. The average molecular weight is 336 g/mol. The lowest BCUT2D eigenvalue weighted by atomic mass is 9.95. The van der Waals surface area contributed by atoms with Gasteiger partial charge in [-0.3, -0.25) is 14.8 Å². The fraction of sp³-hybridized carbons (Fsp3) is 0.450. The van der Waals surface area contributed by atoms with Gasteiger partial charge in [-0.2, -0.15) is 0 Å². The quantitative estimate of drug-likeness (QED) is 0.864. The molecule has 1 saturated heterocycles.